The molecule has 0 bridgehead atoms. The third-order valence-electron chi connectivity index (χ3n) is 6.42. The fraction of sp³-hybridized carbons (Fsp3) is 0.458. The fourth-order valence-corrected chi connectivity index (χ4v) is 4.92. The van der Waals surface area contributed by atoms with Gasteiger partial charge in [-0.15, -0.1) is 0 Å². The van der Waals surface area contributed by atoms with E-state index in [9.17, 15) is 23.9 Å². The Morgan fingerprint density at radius 2 is 2.09 bits per heavy atom. The highest BCUT2D eigenvalue weighted by atomic mass is 35.5. The molecule has 1 saturated carbocycles. The Bertz CT molecular complexity index is 1260. The van der Waals surface area contributed by atoms with Gasteiger partial charge in [-0.2, -0.15) is 0 Å². The van der Waals surface area contributed by atoms with Crippen molar-refractivity contribution in [3.05, 3.63) is 56.2 Å². The number of pyridine rings is 1. The van der Waals surface area contributed by atoms with Crippen LogP contribution in [0, 0.1) is 11.7 Å². The quantitative estimate of drug-likeness (QED) is 0.596. The lowest BCUT2D eigenvalue weighted by atomic mass is 10.0. The maximum absolute atomic E-state index is 14.5. The van der Waals surface area contributed by atoms with Gasteiger partial charge >= 0.3 is 0 Å². The zero-order chi connectivity index (χ0) is 25.7. The minimum Gasteiger partial charge on any atom is -0.503 e. The summed E-state index contributed by atoms with van der Waals surface area (Å²) in [5.41, 5.74) is -2.01. The number of likely N-dealkylation sites (N-methyl/N-ethyl adjacent to an activating group) is 1. The van der Waals surface area contributed by atoms with E-state index >= 15 is 0 Å². The molecule has 1 fully saturated rings. The average Bonchev–Trinajstić information content (AvgIpc) is 3.47. The molecule has 1 aromatic heterocycles. The van der Waals surface area contributed by atoms with Crippen LogP contribution < -0.4 is 15.5 Å². The molecular formula is C24H27ClFN3O6. The smallest absolute Gasteiger partial charge is 0.274 e. The molecule has 4 rings (SSSR count). The standard InChI is InChI=1S/C24H27ClFN3O6/c1-12(2)35-15-5-13(18(26)17(25)6-15)8-27-22(32)16-9-29-19(21(31)20(16)30)23(33)28(3)11-24(29)7-14(24)10-34-4/h5-6,9,12,14,31H,7-8,10-11H2,1-4H3,(H,27,32). The number of fused-ring (bicyclic) bond motifs is 2. The molecule has 2 amide bonds. The van der Waals surface area contributed by atoms with Crippen molar-refractivity contribution in [3.63, 3.8) is 0 Å². The van der Waals surface area contributed by atoms with Gasteiger partial charge in [0.1, 0.15) is 17.1 Å². The first-order chi connectivity index (χ1) is 16.5. The maximum atomic E-state index is 14.5. The van der Waals surface area contributed by atoms with Gasteiger partial charge in [0, 0.05) is 51.0 Å². The fourth-order valence-electron chi connectivity index (χ4n) is 4.69. The van der Waals surface area contributed by atoms with E-state index in [0.717, 1.165) is 0 Å². The van der Waals surface area contributed by atoms with Crippen LogP contribution in [0.25, 0.3) is 0 Å². The van der Waals surface area contributed by atoms with Gasteiger partial charge in [0.15, 0.2) is 11.4 Å². The Balaban J connectivity index is 1.66. The Morgan fingerprint density at radius 3 is 2.74 bits per heavy atom. The molecule has 2 aliphatic rings. The summed E-state index contributed by atoms with van der Waals surface area (Å²) in [5, 5.41) is 13.0. The SMILES string of the molecule is COCC1CC12CN(C)C(=O)c1c(O)c(=O)c(C(=O)NCc3cc(OC(C)C)cc(Cl)c3F)cn12. The number of amides is 2. The first-order valence-electron chi connectivity index (χ1n) is 11.2. The van der Waals surface area contributed by atoms with Crippen LogP contribution in [0.3, 0.4) is 0 Å². The van der Waals surface area contributed by atoms with Gasteiger partial charge < -0.3 is 29.4 Å². The summed E-state index contributed by atoms with van der Waals surface area (Å²) < 4.78 is 26.9. The van der Waals surface area contributed by atoms with Crippen molar-refractivity contribution in [1.82, 2.24) is 14.8 Å². The van der Waals surface area contributed by atoms with Crippen LogP contribution in [-0.4, -0.2) is 59.8 Å². The second-order valence-electron chi connectivity index (χ2n) is 9.29. The number of ether oxygens (including phenoxy) is 2. The number of methoxy groups -OCH3 is 1. The molecule has 1 aromatic carbocycles. The monoisotopic (exact) mass is 507 g/mol. The number of halogens is 2. The van der Waals surface area contributed by atoms with Gasteiger partial charge in [0.25, 0.3) is 11.8 Å². The number of nitrogens with one attached hydrogen (secondary N) is 1. The second-order valence-corrected chi connectivity index (χ2v) is 9.69. The predicted molar refractivity (Wildman–Crippen MR) is 126 cm³/mol. The summed E-state index contributed by atoms with van der Waals surface area (Å²) in [7, 11) is 3.16. The van der Waals surface area contributed by atoms with Gasteiger partial charge in [-0.1, -0.05) is 11.6 Å². The van der Waals surface area contributed by atoms with Crippen LogP contribution >= 0.6 is 11.6 Å². The summed E-state index contributed by atoms with van der Waals surface area (Å²) >= 11 is 5.96. The Labute approximate surface area is 206 Å². The molecule has 11 heteroatoms. The number of hydrogen-bond donors (Lipinski definition) is 2. The van der Waals surface area contributed by atoms with Crippen LogP contribution in [0.1, 0.15) is 46.7 Å². The predicted octanol–water partition coefficient (Wildman–Crippen LogP) is 2.51. The Kier molecular flexibility index (Phi) is 6.54. The van der Waals surface area contributed by atoms with Crippen molar-refractivity contribution in [2.24, 2.45) is 5.92 Å². The molecule has 2 unspecified atom stereocenters. The molecule has 2 aromatic rings. The van der Waals surface area contributed by atoms with Crippen LogP contribution in [0.5, 0.6) is 11.5 Å². The summed E-state index contributed by atoms with van der Waals surface area (Å²) in [4.78, 5) is 40.0. The summed E-state index contributed by atoms with van der Waals surface area (Å²) in [6.07, 6.45) is 1.78. The number of nitrogens with zero attached hydrogens (tertiary/aromatic N) is 2. The highest BCUT2D eigenvalue weighted by molar-refractivity contribution is 6.31. The third-order valence-corrected chi connectivity index (χ3v) is 6.70. The van der Waals surface area contributed by atoms with Crippen LogP contribution in [-0.2, 0) is 16.8 Å². The third kappa shape index (κ3) is 4.36. The highest BCUT2D eigenvalue weighted by Crippen LogP contribution is 2.53. The lowest BCUT2D eigenvalue weighted by Gasteiger charge is -2.35. The van der Waals surface area contributed by atoms with Crippen molar-refractivity contribution in [2.75, 3.05) is 27.3 Å². The van der Waals surface area contributed by atoms with Gasteiger partial charge in [0.05, 0.1) is 23.3 Å². The van der Waals surface area contributed by atoms with Crippen molar-refractivity contribution in [2.45, 2.75) is 38.5 Å². The zero-order valence-electron chi connectivity index (χ0n) is 19.9. The van der Waals surface area contributed by atoms with E-state index < -0.39 is 34.3 Å². The van der Waals surface area contributed by atoms with Gasteiger partial charge in [-0.3, -0.25) is 14.4 Å². The first kappa shape index (κ1) is 25.0. The van der Waals surface area contributed by atoms with Crippen LogP contribution in [0.2, 0.25) is 5.02 Å². The summed E-state index contributed by atoms with van der Waals surface area (Å²) in [6, 6.07) is 2.76. The van der Waals surface area contributed by atoms with E-state index in [1.807, 2.05) is 0 Å². The van der Waals surface area contributed by atoms with Crippen LogP contribution in [0.4, 0.5) is 4.39 Å². The maximum Gasteiger partial charge on any atom is 0.274 e. The minimum absolute atomic E-state index is 0.0412. The number of carbonyl (C=O) groups excluding carboxylic acids is 2. The molecule has 2 heterocycles. The Hall–Kier alpha value is -3.11. The number of rotatable bonds is 7. The van der Waals surface area contributed by atoms with Gasteiger partial charge in [-0.25, -0.2) is 4.39 Å². The summed E-state index contributed by atoms with van der Waals surface area (Å²) in [5.74, 6) is -2.47. The number of benzene rings is 1. The van der Waals surface area contributed by atoms with E-state index in [-0.39, 0.29) is 40.4 Å². The largest absolute Gasteiger partial charge is 0.503 e. The van der Waals surface area contributed by atoms with Gasteiger partial charge in [0.2, 0.25) is 5.43 Å². The summed E-state index contributed by atoms with van der Waals surface area (Å²) in [6.45, 7) is 4.11. The molecule has 0 saturated heterocycles. The number of carbonyl (C=O) groups is 2. The van der Waals surface area contributed by atoms with Crippen molar-refractivity contribution in [3.8, 4) is 11.5 Å². The first-order valence-corrected chi connectivity index (χ1v) is 11.5. The molecule has 1 aliphatic heterocycles. The van der Waals surface area contributed by atoms with E-state index in [1.165, 1.54) is 27.8 Å². The zero-order valence-corrected chi connectivity index (χ0v) is 20.6. The van der Waals surface area contributed by atoms with Crippen molar-refractivity contribution < 1.29 is 28.6 Å². The van der Waals surface area contributed by atoms with Crippen molar-refractivity contribution >= 4 is 23.4 Å². The van der Waals surface area contributed by atoms with E-state index in [0.29, 0.717) is 25.3 Å². The number of aromatic nitrogens is 1. The highest BCUT2D eigenvalue weighted by Gasteiger charge is 2.60. The number of aromatic hydroxyl groups is 1. The minimum atomic E-state index is -0.980. The molecule has 1 spiro atoms. The Morgan fingerprint density at radius 1 is 1.37 bits per heavy atom. The van der Waals surface area contributed by atoms with Crippen molar-refractivity contribution in [1.29, 1.82) is 0 Å². The normalized spacial score (nSPS) is 20.8. The number of hydrogen-bond acceptors (Lipinski definition) is 6. The van der Waals surface area contributed by atoms with E-state index in [1.54, 1.807) is 28.0 Å². The molecule has 2 atom stereocenters. The molecule has 1 aliphatic carbocycles. The van der Waals surface area contributed by atoms with E-state index in [2.05, 4.69) is 5.32 Å². The second kappa shape index (κ2) is 9.16. The topological polar surface area (TPSA) is 110 Å². The molecular weight excluding hydrogens is 481 g/mol. The molecule has 2 N–H and O–H groups in total. The van der Waals surface area contributed by atoms with E-state index in [4.69, 9.17) is 21.1 Å². The molecule has 188 valence electrons. The lowest BCUT2D eigenvalue weighted by molar-refractivity contribution is 0.0664. The molecule has 35 heavy (non-hydrogen) atoms. The average molecular weight is 508 g/mol. The van der Waals surface area contributed by atoms with Gasteiger partial charge in [-0.05, 0) is 26.3 Å². The molecule has 9 nitrogen and oxygen atoms in total. The molecule has 0 radical (unpaired) electrons. The van der Waals surface area contributed by atoms with Crippen LogP contribution in [0.15, 0.2) is 23.1 Å². The lowest BCUT2D eigenvalue weighted by Crippen LogP contribution is -2.48.